The van der Waals surface area contributed by atoms with E-state index in [9.17, 15) is 5.26 Å². The molecule has 1 rings (SSSR count). The minimum absolute atomic E-state index is 0.552. The minimum Gasteiger partial charge on any atom is -0.192 e. The van der Waals surface area contributed by atoms with Crippen molar-refractivity contribution in [2.75, 3.05) is 0 Å². The molecule has 0 bridgehead atoms. The van der Waals surface area contributed by atoms with E-state index < -0.39 is 0 Å². The van der Waals surface area contributed by atoms with Crippen molar-refractivity contribution in [1.82, 2.24) is 0 Å². The number of rotatable bonds is 7. The molecule has 112 valence electrons. The molecular weight excluding hydrogens is 254 g/mol. The lowest BCUT2D eigenvalue weighted by Crippen LogP contribution is -2.07. The van der Waals surface area contributed by atoms with Gasteiger partial charge in [0.15, 0.2) is 0 Å². The van der Waals surface area contributed by atoms with Crippen molar-refractivity contribution in [1.29, 1.82) is 5.26 Å². The highest BCUT2D eigenvalue weighted by molar-refractivity contribution is 5.63. The van der Waals surface area contributed by atoms with Crippen LogP contribution < -0.4 is 0 Å². The predicted molar refractivity (Wildman–Crippen MR) is 92.2 cm³/mol. The molecule has 0 N–H and O–H groups in total. The summed E-state index contributed by atoms with van der Waals surface area (Å²) >= 11 is 0. The molecule has 21 heavy (non-hydrogen) atoms. The Balaban J connectivity index is 3.32. The van der Waals surface area contributed by atoms with Crippen LogP contribution in [0.3, 0.4) is 0 Å². The molecule has 0 heterocycles. The van der Waals surface area contributed by atoms with Crippen molar-refractivity contribution >= 4 is 6.08 Å². The Morgan fingerprint density at radius 2 is 2.00 bits per heavy atom. The van der Waals surface area contributed by atoms with Crippen LogP contribution in [0, 0.1) is 24.2 Å². The van der Waals surface area contributed by atoms with Gasteiger partial charge >= 0.3 is 0 Å². The van der Waals surface area contributed by atoms with Crippen LogP contribution in [0.1, 0.15) is 68.2 Å². The molecule has 0 aromatic heterocycles. The summed E-state index contributed by atoms with van der Waals surface area (Å²) in [7, 11) is 0. The first-order chi connectivity index (χ1) is 10.1. The SMILES string of the molecule is C=C/C=C\c1c(C(CC)CC(C)CC)ccc(C#N)c1C. The molecule has 0 saturated heterocycles. The number of allylic oxidation sites excluding steroid dienone is 2. The van der Waals surface area contributed by atoms with Crippen LogP contribution in [-0.2, 0) is 0 Å². The monoisotopic (exact) mass is 281 g/mol. The predicted octanol–water partition coefficient (Wildman–Crippen LogP) is 6.00. The van der Waals surface area contributed by atoms with E-state index >= 15 is 0 Å². The molecule has 0 amide bonds. The minimum atomic E-state index is 0.552. The lowest BCUT2D eigenvalue weighted by Gasteiger charge is -2.22. The first kappa shape index (κ1) is 17.2. The van der Waals surface area contributed by atoms with E-state index in [2.05, 4.69) is 45.6 Å². The van der Waals surface area contributed by atoms with E-state index in [1.165, 1.54) is 24.0 Å². The summed E-state index contributed by atoms with van der Waals surface area (Å²) in [6, 6.07) is 6.40. The molecule has 0 radical (unpaired) electrons. The molecule has 1 aromatic carbocycles. The van der Waals surface area contributed by atoms with Gasteiger partial charge in [-0.2, -0.15) is 5.26 Å². The van der Waals surface area contributed by atoms with E-state index in [0.717, 1.165) is 23.5 Å². The summed E-state index contributed by atoms with van der Waals surface area (Å²) in [5, 5.41) is 9.24. The highest BCUT2D eigenvalue weighted by atomic mass is 14.3. The Bertz CT molecular complexity index is 546. The van der Waals surface area contributed by atoms with Crippen LogP contribution in [0.2, 0.25) is 0 Å². The van der Waals surface area contributed by atoms with Gasteiger partial charge in [0.05, 0.1) is 11.6 Å². The maximum atomic E-state index is 9.24. The van der Waals surface area contributed by atoms with Gasteiger partial charge in [-0.25, -0.2) is 0 Å². The topological polar surface area (TPSA) is 23.8 Å². The Morgan fingerprint density at radius 1 is 1.29 bits per heavy atom. The van der Waals surface area contributed by atoms with E-state index in [0.29, 0.717) is 5.92 Å². The van der Waals surface area contributed by atoms with Gasteiger partial charge < -0.3 is 0 Å². The smallest absolute Gasteiger partial charge is 0.0994 e. The van der Waals surface area contributed by atoms with Gasteiger partial charge in [0.2, 0.25) is 0 Å². The van der Waals surface area contributed by atoms with Gasteiger partial charge in [0.25, 0.3) is 0 Å². The molecular formula is C20H27N. The highest BCUT2D eigenvalue weighted by Gasteiger charge is 2.17. The van der Waals surface area contributed by atoms with Crippen LogP contribution >= 0.6 is 0 Å². The Morgan fingerprint density at radius 3 is 2.52 bits per heavy atom. The van der Waals surface area contributed by atoms with Gasteiger partial charge in [-0.05, 0) is 54.4 Å². The quantitative estimate of drug-likeness (QED) is 0.563. The lowest BCUT2D eigenvalue weighted by molar-refractivity contribution is 0.446. The fraction of sp³-hybridized carbons (Fsp3) is 0.450. The molecule has 0 aliphatic carbocycles. The third-order valence-corrected chi connectivity index (χ3v) is 4.38. The third-order valence-electron chi connectivity index (χ3n) is 4.38. The Hall–Kier alpha value is -1.81. The van der Waals surface area contributed by atoms with E-state index in [1.807, 2.05) is 19.1 Å². The van der Waals surface area contributed by atoms with E-state index in [-0.39, 0.29) is 0 Å². The van der Waals surface area contributed by atoms with Crippen molar-refractivity contribution in [3.05, 3.63) is 53.1 Å². The van der Waals surface area contributed by atoms with Crippen molar-refractivity contribution in [2.24, 2.45) is 5.92 Å². The fourth-order valence-corrected chi connectivity index (χ4v) is 2.78. The molecule has 1 nitrogen and oxygen atoms in total. The maximum absolute atomic E-state index is 9.24. The second-order valence-electron chi connectivity index (χ2n) is 5.80. The van der Waals surface area contributed by atoms with Gasteiger partial charge in [0, 0.05) is 0 Å². The molecule has 0 spiro atoms. The summed E-state index contributed by atoms with van der Waals surface area (Å²) in [6.07, 6.45) is 9.39. The second kappa shape index (κ2) is 8.47. The van der Waals surface area contributed by atoms with Gasteiger partial charge in [-0.15, -0.1) is 0 Å². The van der Waals surface area contributed by atoms with Crippen LogP contribution in [0.4, 0.5) is 0 Å². The van der Waals surface area contributed by atoms with Crippen LogP contribution in [0.25, 0.3) is 6.08 Å². The van der Waals surface area contributed by atoms with Gasteiger partial charge in [0.1, 0.15) is 0 Å². The van der Waals surface area contributed by atoms with Crippen molar-refractivity contribution in [2.45, 2.75) is 52.9 Å². The molecule has 1 heteroatoms. The van der Waals surface area contributed by atoms with Gasteiger partial charge in [-0.1, -0.05) is 58.1 Å². The van der Waals surface area contributed by atoms with E-state index in [1.54, 1.807) is 6.08 Å². The number of hydrogen-bond acceptors (Lipinski definition) is 1. The number of nitrogens with zero attached hydrogens (tertiary/aromatic N) is 1. The second-order valence-corrected chi connectivity index (χ2v) is 5.80. The first-order valence-corrected chi connectivity index (χ1v) is 7.91. The highest BCUT2D eigenvalue weighted by Crippen LogP contribution is 2.33. The third kappa shape index (κ3) is 4.33. The molecule has 0 aliphatic rings. The zero-order valence-electron chi connectivity index (χ0n) is 13.8. The zero-order chi connectivity index (χ0) is 15.8. The average molecular weight is 281 g/mol. The molecule has 1 aromatic rings. The summed E-state index contributed by atoms with van der Waals surface area (Å²) in [5.74, 6) is 1.28. The summed E-state index contributed by atoms with van der Waals surface area (Å²) in [6.45, 7) is 12.6. The summed E-state index contributed by atoms with van der Waals surface area (Å²) in [4.78, 5) is 0. The largest absolute Gasteiger partial charge is 0.192 e. The van der Waals surface area contributed by atoms with Crippen molar-refractivity contribution in [3.63, 3.8) is 0 Å². The first-order valence-electron chi connectivity index (χ1n) is 7.91. The molecule has 0 fully saturated rings. The molecule has 2 atom stereocenters. The number of hydrogen-bond donors (Lipinski definition) is 0. The van der Waals surface area contributed by atoms with Crippen LogP contribution in [-0.4, -0.2) is 0 Å². The summed E-state index contributed by atoms with van der Waals surface area (Å²) < 4.78 is 0. The normalized spacial score (nSPS) is 13.9. The average Bonchev–Trinajstić information content (AvgIpc) is 2.51. The number of nitriles is 1. The lowest BCUT2D eigenvalue weighted by atomic mass is 9.82. The molecule has 0 aliphatic heterocycles. The van der Waals surface area contributed by atoms with Gasteiger partial charge in [-0.3, -0.25) is 0 Å². The standard InChI is InChI=1S/C20H27N/c1-6-9-10-19-16(5)18(14-21)11-12-20(19)17(8-3)13-15(4)7-2/h6,9-12,15,17H,1,7-8,13H2,2-5H3/b10-9-. The van der Waals surface area contributed by atoms with Crippen LogP contribution in [0.5, 0.6) is 0 Å². The number of benzene rings is 1. The maximum Gasteiger partial charge on any atom is 0.0994 e. The van der Waals surface area contributed by atoms with Crippen molar-refractivity contribution < 1.29 is 0 Å². The fourth-order valence-electron chi connectivity index (χ4n) is 2.78. The molecule has 0 saturated carbocycles. The summed E-state index contributed by atoms with van der Waals surface area (Å²) in [5.41, 5.74) is 4.41. The van der Waals surface area contributed by atoms with Crippen LogP contribution in [0.15, 0.2) is 30.9 Å². The zero-order valence-corrected chi connectivity index (χ0v) is 13.8. The van der Waals surface area contributed by atoms with E-state index in [4.69, 9.17) is 0 Å². The Labute approximate surface area is 130 Å². The molecule has 2 unspecified atom stereocenters. The van der Waals surface area contributed by atoms with Crippen molar-refractivity contribution in [3.8, 4) is 6.07 Å². The Kier molecular flexibility index (Phi) is 6.96.